The fraction of sp³-hybridized carbons (Fsp3) is 0.300. The number of hydrogen-bond donors (Lipinski definition) is 1. The van der Waals surface area contributed by atoms with E-state index in [9.17, 15) is 4.79 Å². The highest BCUT2D eigenvalue weighted by atomic mass is 127. The standard InChI is InChI=1S/C10H12INO/c1-7(6-11)8-4-2-3-5-9(8)10(12)13/h2-5,7H,6H2,1H3,(H2,12,13). The molecule has 2 N–H and O–H groups in total. The fourth-order valence-corrected chi connectivity index (χ4v) is 1.71. The molecule has 1 amide bonds. The van der Waals surface area contributed by atoms with Crippen molar-refractivity contribution < 1.29 is 4.79 Å². The van der Waals surface area contributed by atoms with Crippen molar-refractivity contribution in [1.29, 1.82) is 0 Å². The number of benzene rings is 1. The van der Waals surface area contributed by atoms with Crippen LogP contribution < -0.4 is 5.73 Å². The van der Waals surface area contributed by atoms with Gasteiger partial charge in [0.15, 0.2) is 0 Å². The lowest BCUT2D eigenvalue weighted by molar-refractivity contribution is 0.0999. The molecule has 1 unspecified atom stereocenters. The summed E-state index contributed by atoms with van der Waals surface area (Å²) in [6.07, 6.45) is 0. The molecule has 70 valence electrons. The summed E-state index contributed by atoms with van der Waals surface area (Å²) in [4.78, 5) is 11.1. The molecule has 0 bridgehead atoms. The van der Waals surface area contributed by atoms with Crippen molar-refractivity contribution in [3.05, 3.63) is 35.4 Å². The van der Waals surface area contributed by atoms with Crippen LogP contribution in [0.5, 0.6) is 0 Å². The van der Waals surface area contributed by atoms with E-state index in [2.05, 4.69) is 29.5 Å². The zero-order valence-corrected chi connectivity index (χ0v) is 9.61. The first-order valence-corrected chi connectivity index (χ1v) is 5.64. The van der Waals surface area contributed by atoms with Gasteiger partial charge in [0.1, 0.15) is 0 Å². The van der Waals surface area contributed by atoms with E-state index in [1.165, 1.54) is 0 Å². The Morgan fingerprint density at radius 2 is 2.15 bits per heavy atom. The topological polar surface area (TPSA) is 43.1 Å². The summed E-state index contributed by atoms with van der Waals surface area (Å²) in [5.74, 6) is 0.0385. The molecule has 3 heteroatoms. The Morgan fingerprint density at radius 1 is 1.54 bits per heavy atom. The minimum atomic E-state index is -0.340. The molecule has 0 aromatic heterocycles. The second-order valence-electron chi connectivity index (χ2n) is 3.01. The molecular formula is C10H12INO. The second-order valence-corrected chi connectivity index (χ2v) is 3.89. The Hall–Kier alpha value is -0.580. The van der Waals surface area contributed by atoms with E-state index in [4.69, 9.17) is 5.73 Å². The van der Waals surface area contributed by atoms with Gasteiger partial charge in [0, 0.05) is 9.99 Å². The van der Waals surface area contributed by atoms with Crippen molar-refractivity contribution in [2.45, 2.75) is 12.8 Å². The number of nitrogens with two attached hydrogens (primary N) is 1. The summed E-state index contributed by atoms with van der Waals surface area (Å²) in [5.41, 5.74) is 6.96. The number of amides is 1. The Balaban J connectivity index is 3.11. The van der Waals surface area contributed by atoms with Gasteiger partial charge in [-0.05, 0) is 17.5 Å². The van der Waals surface area contributed by atoms with Crippen LogP contribution in [-0.4, -0.2) is 10.3 Å². The molecule has 13 heavy (non-hydrogen) atoms. The molecule has 2 nitrogen and oxygen atoms in total. The molecule has 0 spiro atoms. The van der Waals surface area contributed by atoms with Crippen molar-refractivity contribution in [1.82, 2.24) is 0 Å². The molecule has 0 heterocycles. The average Bonchev–Trinajstić information content (AvgIpc) is 2.16. The molecule has 0 aliphatic rings. The van der Waals surface area contributed by atoms with Crippen molar-refractivity contribution in [2.24, 2.45) is 5.73 Å². The van der Waals surface area contributed by atoms with Gasteiger partial charge < -0.3 is 5.73 Å². The zero-order valence-electron chi connectivity index (χ0n) is 7.46. The smallest absolute Gasteiger partial charge is 0.248 e. The van der Waals surface area contributed by atoms with Gasteiger partial charge in [0.2, 0.25) is 5.91 Å². The van der Waals surface area contributed by atoms with E-state index < -0.39 is 0 Å². The van der Waals surface area contributed by atoms with E-state index in [0.717, 1.165) is 9.99 Å². The number of primary amides is 1. The van der Waals surface area contributed by atoms with Crippen LogP contribution in [0.25, 0.3) is 0 Å². The molecule has 1 aromatic rings. The van der Waals surface area contributed by atoms with Gasteiger partial charge in [-0.2, -0.15) is 0 Å². The lowest BCUT2D eigenvalue weighted by Gasteiger charge is -2.11. The molecule has 0 aliphatic heterocycles. The van der Waals surface area contributed by atoms with Crippen LogP contribution in [0.4, 0.5) is 0 Å². The third-order valence-corrected chi connectivity index (χ3v) is 3.31. The maximum atomic E-state index is 11.1. The Kier molecular flexibility index (Phi) is 3.71. The number of halogens is 1. The van der Waals surface area contributed by atoms with Gasteiger partial charge in [-0.15, -0.1) is 0 Å². The summed E-state index contributed by atoms with van der Waals surface area (Å²) < 4.78 is 0.988. The summed E-state index contributed by atoms with van der Waals surface area (Å²) in [6, 6.07) is 7.51. The van der Waals surface area contributed by atoms with E-state index in [1.54, 1.807) is 6.07 Å². The summed E-state index contributed by atoms with van der Waals surface area (Å²) in [6.45, 7) is 2.09. The quantitative estimate of drug-likeness (QED) is 0.673. The van der Waals surface area contributed by atoms with Gasteiger partial charge in [-0.3, -0.25) is 4.79 Å². The van der Waals surface area contributed by atoms with E-state index >= 15 is 0 Å². The highest BCUT2D eigenvalue weighted by Gasteiger charge is 2.11. The molecule has 0 saturated heterocycles. The van der Waals surface area contributed by atoms with Gasteiger partial charge in [-0.25, -0.2) is 0 Å². The molecular weight excluding hydrogens is 277 g/mol. The summed E-state index contributed by atoms with van der Waals surface area (Å²) in [5, 5.41) is 0. The van der Waals surface area contributed by atoms with Crippen molar-refractivity contribution in [3.63, 3.8) is 0 Å². The van der Waals surface area contributed by atoms with Gasteiger partial charge in [0.05, 0.1) is 0 Å². The number of hydrogen-bond acceptors (Lipinski definition) is 1. The summed E-state index contributed by atoms with van der Waals surface area (Å²) >= 11 is 2.30. The normalized spacial score (nSPS) is 12.5. The average molecular weight is 289 g/mol. The lowest BCUT2D eigenvalue weighted by atomic mass is 9.97. The lowest BCUT2D eigenvalue weighted by Crippen LogP contribution is -2.15. The first-order valence-electron chi connectivity index (χ1n) is 4.11. The van der Waals surface area contributed by atoms with E-state index in [1.807, 2.05) is 18.2 Å². The second kappa shape index (κ2) is 4.60. The minimum absolute atomic E-state index is 0.340. The van der Waals surface area contributed by atoms with Gasteiger partial charge in [-0.1, -0.05) is 47.7 Å². The van der Waals surface area contributed by atoms with Crippen LogP contribution in [0.1, 0.15) is 28.8 Å². The summed E-state index contributed by atoms with van der Waals surface area (Å²) in [7, 11) is 0. The Labute approximate surface area is 91.7 Å². The molecule has 1 atom stereocenters. The molecule has 0 radical (unpaired) electrons. The van der Waals surface area contributed by atoms with Crippen LogP contribution in [0.15, 0.2) is 24.3 Å². The molecule has 1 aromatic carbocycles. The van der Waals surface area contributed by atoms with Crippen LogP contribution >= 0.6 is 22.6 Å². The van der Waals surface area contributed by atoms with Crippen LogP contribution in [-0.2, 0) is 0 Å². The third-order valence-electron chi connectivity index (χ3n) is 1.99. The zero-order chi connectivity index (χ0) is 9.84. The highest BCUT2D eigenvalue weighted by molar-refractivity contribution is 14.1. The van der Waals surface area contributed by atoms with Crippen molar-refractivity contribution in [2.75, 3.05) is 4.43 Å². The number of carbonyl (C=O) groups is 1. The predicted molar refractivity (Wildman–Crippen MR) is 62.3 cm³/mol. The Morgan fingerprint density at radius 3 is 2.69 bits per heavy atom. The highest BCUT2D eigenvalue weighted by Crippen LogP contribution is 2.21. The number of alkyl halides is 1. The SMILES string of the molecule is CC(CI)c1ccccc1C(N)=O. The first kappa shape index (κ1) is 10.5. The first-order chi connectivity index (χ1) is 6.16. The van der Waals surface area contributed by atoms with Crippen LogP contribution in [0.3, 0.4) is 0 Å². The molecule has 1 rings (SSSR count). The predicted octanol–water partition coefficient (Wildman–Crippen LogP) is 2.32. The number of rotatable bonds is 3. The maximum Gasteiger partial charge on any atom is 0.248 e. The van der Waals surface area contributed by atoms with Crippen molar-refractivity contribution in [3.8, 4) is 0 Å². The van der Waals surface area contributed by atoms with Crippen LogP contribution in [0.2, 0.25) is 0 Å². The van der Waals surface area contributed by atoms with Crippen LogP contribution in [0, 0.1) is 0 Å². The fourth-order valence-electron chi connectivity index (χ4n) is 1.23. The number of carbonyl (C=O) groups excluding carboxylic acids is 1. The largest absolute Gasteiger partial charge is 0.366 e. The van der Waals surface area contributed by atoms with Crippen molar-refractivity contribution >= 4 is 28.5 Å². The monoisotopic (exact) mass is 289 g/mol. The van der Waals surface area contributed by atoms with E-state index in [0.29, 0.717) is 11.5 Å². The van der Waals surface area contributed by atoms with Gasteiger partial charge >= 0.3 is 0 Å². The third kappa shape index (κ3) is 2.43. The van der Waals surface area contributed by atoms with E-state index in [-0.39, 0.29) is 5.91 Å². The molecule has 0 aliphatic carbocycles. The maximum absolute atomic E-state index is 11.1. The molecule has 0 fully saturated rings. The van der Waals surface area contributed by atoms with Gasteiger partial charge in [0.25, 0.3) is 0 Å². The Bertz CT molecular complexity index is 312. The molecule has 0 saturated carbocycles. The minimum Gasteiger partial charge on any atom is -0.366 e.